The molecule has 0 aromatic rings. The Morgan fingerprint density at radius 3 is 2.38 bits per heavy atom. The molecule has 4 nitrogen and oxygen atoms in total. The molecular formula is C10H22BrNO3S. The molecule has 0 unspecified atom stereocenters. The lowest BCUT2D eigenvalue weighted by molar-refractivity contribution is 0.155. The summed E-state index contributed by atoms with van der Waals surface area (Å²) in [4.78, 5) is 2.10. The monoisotopic (exact) mass is 315 g/mol. The van der Waals surface area contributed by atoms with Crippen molar-refractivity contribution in [2.75, 3.05) is 50.2 Å². The summed E-state index contributed by atoms with van der Waals surface area (Å²) in [5.41, 5.74) is 0. The fraction of sp³-hybridized carbons (Fsp3) is 1.00. The van der Waals surface area contributed by atoms with Crippen molar-refractivity contribution >= 4 is 25.8 Å². The number of hydrogen-bond donors (Lipinski definition) is 0. The summed E-state index contributed by atoms with van der Waals surface area (Å²) in [5, 5.41) is 0.852. The van der Waals surface area contributed by atoms with E-state index in [0.29, 0.717) is 25.3 Å². The highest BCUT2D eigenvalue weighted by Crippen LogP contribution is 1.98. The van der Waals surface area contributed by atoms with Crippen LogP contribution in [0.3, 0.4) is 0 Å². The molecular weight excluding hydrogens is 294 g/mol. The summed E-state index contributed by atoms with van der Waals surface area (Å²) in [6, 6.07) is 0. The van der Waals surface area contributed by atoms with Crippen molar-refractivity contribution < 1.29 is 13.2 Å². The molecule has 0 aromatic carbocycles. The van der Waals surface area contributed by atoms with Gasteiger partial charge in [-0.3, -0.25) is 4.90 Å². The predicted octanol–water partition coefficient (Wildman–Crippen LogP) is 1.15. The Kier molecular flexibility index (Phi) is 9.59. The maximum absolute atomic E-state index is 11.5. The average molecular weight is 316 g/mol. The number of halogens is 1. The lowest BCUT2D eigenvalue weighted by Crippen LogP contribution is -2.34. The zero-order valence-electron chi connectivity index (χ0n) is 10.1. The van der Waals surface area contributed by atoms with Crippen LogP contribution in [-0.4, -0.2) is 63.5 Å². The van der Waals surface area contributed by atoms with Crippen molar-refractivity contribution in [3.63, 3.8) is 0 Å². The quantitative estimate of drug-likeness (QED) is 0.567. The van der Waals surface area contributed by atoms with Gasteiger partial charge < -0.3 is 4.74 Å². The summed E-state index contributed by atoms with van der Waals surface area (Å²) in [5.74, 6) is 0.539. The second kappa shape index (κ2) is 9.39. The van der Waals surface area contributed by atoms with E-state index < -0.39 is 9.84 Å². The molecule has 0 spiro atoms. The molecule has 0 aliphatic rings. The highest BCUT2D eigenvalue weighted by molar-refractivity contribution is 9.09. The van der Waals surface area contributed by atoms with Crippen LogP contribution < -0.4 is 0 Å². The molecule has 0 rings (SSSR count). The number of rotatable bonds is 10. The van der Waals surface area contributed by atoms with Crippen LogP contribution in [-0.2, 0) is 14.6 Å². The molecule has 0 N–H and O–H groups in total. The minimum Gasteiger partial charge on any atom is -0.383 e. The van der Waals surface area contributed by atoms with Crippen LogP contribution in [0.1, 0.15) is 13.3 Å². The van der Waals surface area contributed by atoms with E-state index in [1.54, 1.807) is 7.11 Å². The molecule has 0 aliphatic heterocycles. The smallest absolute Gasteiger partial charge is 0.151 e. The Morgan fingerprint density at radius 1 is 1.19 bits per heavy atom. The maximum atomic E-state index is 11.5. The van der Waals surface area contributed by atoms with Gasteiger partial charge in [0.25, 0.3) is 0 Å². The summed E-state index contributed by atoms with van der Waals surface area (Å²) in [6.07, 6.45) is 0.693. The van der Waals surface area contributed by atoms with E-state index in [9.17, 15) is 8.42 Å². The van der Waals surface area contributed by atoms with Gasteiger partial charge in [-0.05, 0) is 6.42 Å². The van der Waals surface area contributed by atoms with Gasteiger partial charge in [-0.15, -0.1) is 0 Å². The van der Waals surface area contributed by atoms with E-state index >= 15 is 0 Å². The summed E-state index contributed by atoms with van der Waals surface area (Å²) in [6.45, 7) is 4.76. The van der Waals surface area contributed by atoms with Gasteiger partial charge in [0.2, 0.25) is 0 Å². The number of hydrogen-bond acceptors (Lipinski definition) is 4. The van der Waals surface area contributed by atoms with Crippen LogP contribution >= 0.6 is 15.9 Å². The molecule has 0 bridgehead atoms. The lowest BCUT2D eigenvalue weighted by Gasteiger charge is -2.20. The van der Waals surface area contributed by atoms with Crippen molar-refractivity contribution in [3.8, 4) is 0 Å². The van der Waals surface area contributed by atoms with E-state index in [-0.39, 0.29) is 5.75 Å². The zero-order valence-corrected chi connectivity index (χ0v) is 12.5. The molecule has 0 saturated carbocycles. The topological polar surface area (TPSA) is 46.6 Å². The van der Waals surface area contributed by atoms with E-state index in [1.807, 2.05) is 6.92 Å². The minimum absolute atomic E-state index is 0.248. The van der Waals surface area contributed by atoms with Crippen molar-refractivity contribution in [1.82, 2.24) is 4.90 Å². The van der Waals surface area contributed by atoms with Crippen molar-refractivity contribution in [2.45, 2.75) is 13.3 Å². The third-order valence-corrected chi connectivity index (χ3v) is 4.44. The lowest BCUT2D eigenvalue weighted by atomic mass is 10.5. The fourth-order valence-corrected chi connectivity index (χ4v) is 3.22. The van der Waals surface area contributed by atoms with Gasteiger partial charge in [-0.1, -0.05) is 22.9 Å². The Balaban J connectivity index is 3.99. The third kappa shape index (κ3) is 8.50. The maximum Gasteiger partial charge on any atom is 0.151 e. The predicted molar refractivity (Wildman–Crippen MR) is 71.1 cm³/mol. The molecule has 0 radical (unpaired) electrons. The van der Waals surface area contributed by atoms with E-state index in [1.165, 1.54) is 0 Å². The van der Waals surface area contributed by atoms with Crippen LogP contribution in [0.2, 0.25) is 0 Å². The second-order valence-electron chi connectivity index (χ2n) is 3.68. The molecule has 0 saturated heterocycles. The van der Waals surface area contributed by atoms with Gasteiger partial charge in [0.15, 0.2) is 9.84 Å². The zero-order chi connectivity index (χ0) is 12.4. The van der Waals surface area contributed by atoms with Crippen molar-refractivity contribution in [3.05, 3.63) is 0 Å². The fourth-order valence-electron chi connectivity index (χ4n) is 1.36. The summed E-state index contributed by atoms with van der Waals surface area (Å²) in [7, 11) is -1.21. The highest BCUT2D eigenvalue weighted by Gasteiger charge is 2.12. The molecule has 0 amide bonds. The highest BCUT2D eigenvalue weighted by atomic mass is 79.9. The van der Waals surface area contributed by atoms with Crippen molar-refractivity contribution in [1.29, 1.82) is 0 Å². The molecule has 0 fully saturated rings. The van der Waals surface area contributed by atoms with Crippen LogP contribution in [0, 0.1) is 0 Å². The SMILES string of the molecule is CCCS(=O)(=O)CCN(CCBr)CCOC. The van der Waals surface area contributed by atoms with Crippen molar-refractivity contribution in [2.24, 2.45) is 0 Å². The number of alkyl halides is 1. The summed E-state index contributed by atoms with van der Waals surface area (Å²) < 4.78 is 28.1. The first-order chi connectivity index (χ1) is 7.55. The molecule has 0 heterocycles. The van der Waals surface area contributed by atoms with E-state index in [0.717, 1.165) is 18.4 Å². The van der Waals surface area contributed by atoms with Gasteiger partial charge >= 0.3 is 0 Å². The largest absolute Gasteiger partial charge is 0.383 e. The number of nitrogens with zero attached hydrogens (tertiary/aromatic N) is 1. The molecule has 16 heavy (non-hydrogen) atoms. The Hall–Kier alpha value is 0.350. The average Bonchev–Trinajstić information content (AvgIpc) is 2.22. The van der Waals surface area contributed by atoms with Crippen LogP contribution in [0.15, 0.2) is 0 Å². The molecule has 0 atom stereocenters. The first-order valence-corrected chi connectivity index (χ1v) is 8.47. The van der Waals surface area contributed by atoms with E-state index in [2.05, 4.69) is 20.8 Å². The summed E-state index contributed by atoms with van der Waals surface area (Å²) >= 11 is 3.36. The van der Waals surface area contributed by atoms with Gasteiger partial charge in [-0.2, -0.15) is 0 Å². The van der Waals surface area contributed by atoms with Gasteiger partial charge in [0.05, 0.1) is 12.4 Å². The first-order valence-electron chi connectivity index (χ1n) is 5.53. The normalized spacial score (nSPS) is 12.2. The van der Waals surface area contributed by atoms with Gasteiger partial charge in [0, 0.05) is 37.8 Å². The second-order valence-corrected chi connectivity index (χ2v) is 6.77. The van der Waals surface area contributed by atoms with Gasteiger partial charge in [0.1, 0.15) is 0 Å². The van der Waals surface area contributed by atoms with E-state index in [4.69, 9.17) is 4.74 Å². The Bertz CT molecular complexity index is 257. The Labute approximate surface area is 107 Å². The van der Waals surface area contributed by atoms with Gasteiger partial charge in [-0.25, -0.2) is 8.42 Å². The number of methoxy groups -OCH3 is 1. The molecule has 0 aliphatic carbocycles. The van der Waals surface area contributed by atoms with Crippen LogP contribution in [0.4, 0.5) is 0 Å². The first kappa shape index (κ1) is 16.4. The van der Waals surface area contributed by atoms with Crippen LogP contribution in [0.5, 0.6) is 0 Å². The Morgan fingerprint density at radius 2 is 1.88 bits per heavy atom. The molecule has 98 valence electrons. The standard InChI is InChI=1S/C10H22BrNO3S/c1-3-9-16(13,14)10-7-12(5-4-11)6-8-15-2/h3-10H2,1-2H3. The van der Waals surface area contributed by atoms with Crippen LogP contribution in [0.25, 0.3) is 0 Å². The molecule has 0 aromatic heterocycles. The third-order valence-electron chi connectivity index (χ3n) is 2.25. The minimum atomic E-state index is -2.87. The molecule has 6 heteroatoms. The number of ether oxygens (including phenoxy) is 1. The number of sulfone groups is 1.